The Hall–Kier alpha value is -0.890. The zero-order valence-electron chi connectivity index (χ0n) is 12.9. The summed E-state index contributed by atoms with van der Waals surface area (Å²) in [6.07, 6.45) is 8.70. The van der Waals surface area contributed by atoms with Crippen molar-refractivity contribution in [1.82, 2.24) is 5.32 Å². The Morgan fingerprint density at radius 3 is 2.45 bits per heavy atom. The molecule has 20 heavy (non-hydrogen) atoms. The average Bonchev–Trinajstić information content (AvgIpc) is 3.29. The van der Waals surface area contributed by atoms with Crippen molar-refractivity contribution in [3.05, 3.63) is 35.6 Å². The zero-order valence-corrected chi connectivity index (χ0v) is 12.9. The molecule has 0 radical (unpaired) electrons. The second kappa shape index (κ2) is 7.21. The smallest absolute Gasteiger partial charge is 0.123 e. The summed E-state index contributed by atoms with van der Waals surface area (Å²) in [5.41, 5.74) is 1.60. The lowest BCUT2D eigenvalue weighted by Gasteiger charge is -2.34. The zero-order chi connectivity index (χ0) is 14.4. The first-order valence-electron chi connectivity index (χ1n) is 8.15. The van der Waals surface area contributed by atoms with Gasteiger partial charge in [-0.3, -0.25) is 0 Å². The van der Waals surface area contributed by atoms with E-state index in [1.807, 2.05) is 12.1 Å². The van der Waals surface area contributed by atoms with E-state index in [1.165, 1.54) is 44.1 Å². The topological polar surface area (TPSA) is 12.0 Å². The summed E-state index contributed by atoms with van der Waals surface area (Å²) in [7, 11) is 0. The van der Waals surface area contributed by atoms with Crippen LogP contribution in [0.15, 0.2) is 24.3 Å². The van der Waals surface area contributed by atoms with E-state index in [9.17, 15) is 4.39 Å². The van der Waals surface area contributed by atoms with Crippen LogP contribution >= 0.6 is 0 Å². The fraction of sp³-hybridized carbons (Fsp3) is 0.667. The molecule has 0 saturated heterocycles. The van der Waals surface area contributed by atoms with Crippen LogP contribution in [-0.2, 0) is 6.42 Å². The monoisotopic (exact) mass is 277 g/mol. The fourth-order valence-electron chi connectivity index (χ4n) is 2.90. The number of benzene rings is 1. The molecule has 1 atom stereocenters. The lowest BCUT2D eigenvalue weighted by molar-refractivity contribution is 0.228. The molecular weight excluding hydrogens is 249 g/mol. The van der Waals surface area contributed by atoms with Crippen molar-refractivity contribution in [3.63, 3.8) is 0 Å². The SMILES string of the molecule is CCCCC(CC)(CNC1CC1)Cc1ccc(F)cc1. The van der Waals surface area contributed by atoms with Gasteiger partial charge in [0.1, 0.15) is 5.82 Å². The minimum Gasteiger partial charge on any atom is -0.313 e. The molecule has 0 heterocycles. The Kier molecular flexibility index (Phi) is 5.59. The minimum absolute atomic E-state index is 0.138. The van der Waals surface area contributed by atoms with E-state index < -0.39 is 0 Å². The van der Waals surface area contributed by atoms with Gasteiger partial charge in [0, 0.05) is 12.6 Å². The van der Waals surface area contributed by atoms with Gasteiger partial charge in [-0.2, -0.15) is 0 Å². The van der Waals surface area contributed by atoms with Gasteiger partial charge >= 0.3 is 0 Å². The largest absolute Gasteiger partial charge is 0.313 e. The summed E-state index contributed by atoms with van der Waals surface area (Å²) in [4.78, 5) is 0. The van der Waals surface area contributed by atoms with Crippen LogP contribution in [0.5, 0.6) is 0 Å². The lowest BCUT2D eigenvalue weighted by Crippen LogP contribution is -2.37. The van der Waals surface area contributed by atoms with Gasteiger partial charge in [-0.1, -0.05) is 38.8 Å². The molecule has 1 aromatic rings. The molecule has 1 aromatic carbocycles. The maximum absolute atomic E-state index is 13.1. The molecule has 1 saturated carbocycles. The molecule has 1 aliphatic rings. The Labute approximate surface area is 123 Å². The summed E-state index contributed by atoms with van der Waals surface area (Å²) in [5.74, 6) is -0.138. The molecule has 0 aromatic heterocycles. The van der Waals surface area contributed by atoms with Gasteiger partial charge in [0.15, 0.2) is 0 Å². The highest BCUT2D eigenvalue weighted by Gasteiger charge is 2.31. The van der Waals surface area contributed by atoms with Crippen LogP contribution in [0, 0.1) is 11.2 Å². The first-order valence-corrected chi connectivity index (χ1v) is 8.15. The van der Waals surface area contributed by atoms with Crippen LogP contribution in [0.2, 0.25) is 0 Å². The van der Waals surface area contributed by atoms with E-state index in [0.717, 1.165) is 19.0 Å². The molecule has 0 bridgehead atoms. The van der Waals surface area contributed by atoms with Crippen molar-refractivity contribution in [3.8, 4) is 0 Å². The van der Waals surface area contributed by atoms with Crippen molar-refractivity contribution in [2.75, 3.05) is 6.54 Å². The highest BCUT2D eigenvalue weighted by atomic mass is 19.1. The maximum atomic E-state index is 13.1. The van der Waals surface area contributed by atoms with Gasteiger partial charge in [-0.25, -0.2) is 4.39 Å². The quantitative estimate of drug-likeness (QED) is 0.689. The van der Waals surface area contributed by atoms with Crippen LogP contribution in [0.4, 0.5) is 4.39 Å². The van der Waals surface area contributed by atoms with E-state index in [2.05, 4.69) is 19.2 Å². The maximum Gasteiger partial charge on any atom is 0.123 e. The average molecular weight is 277 g/mol. The van der Waals surface area contributed by atoms with Crippen molar-refractivity contribution < 1.29 is 4.39 Å². The minimum atomic E-state index is -0.138. The molecule has 2 heteroatoms. The van der Waals surface area contributed by atoms with Crippen LogP contribution in [0.3, 0.4) is 0 Å². The van der Waals surface area contributed by atoms with Crippen molar-refractivity contribution in [2.24, 2.45) is 5.41 Å². The summed E-state index contributed by atoms with van der Waals surface area (Å²) in [5, 5.41) is 3.71. The summed E-state index contributed by atoms with van der Waals surface area (Å²) >= 11 is 0. The molecule has 2 rings (SSSR count). The second-order valence-corrected chi connectivity index (χ2v) is 6.42. The summed E-state index contributed by atoms with van der Waals surface area (Å²) in [6, 6.07) is 7.83. The van der Waals surface area contributed by atoms with Gasteiger partial charge in [0.25, 0.3) is 0 Å². The number of rotatable bonds is 9. The molecule has 0 amide bonds. The number of halogens is 1. The van der Waals surface area contributed by atoms with Crippen LogP contribution in [0.25, 0.3) is 0 Å². The Morgan fingerprint density at radius 2 is 1.90 bits per heavy atom. The van der Waals surface area contributed by atoms with Crippen LogP contribution in [0.1, 0.15) is 57.9 Å². The van der Waals surface area contributed by atoms with Crippen molar-refractivity contribution in [1.29, 1.82) is 0 Å². The third-order valence-electron chi connectivity index (χ3n) is 4.65. The first-order chi connectivity index (χ1) is 9.67. The highest BCUT2D eigenvalue weighted by molar-refractivity contribution is 5.18. The molecule has 0 spiro atoms. The molecule has 112 valence electrons. The van der Waals surface area contributed by atoms with Gasteiger partial charge in [-0.15, -0.1) is 0 Å². The molecule has 1 unspecified atom stereocenters. The van der Waals surface area contributed by atoms with Gasteiger partial charge in [0.2, 0.25) is 0 Å². The van der Waals surface area contributed by atoms with E-state index in [4.69, 9.17) is 0 Å². The van der Waals surface area contributed by atoms with Gasteiger partial charge < -0.3 is 5.32 Å². The van der Waals surface area contributed by atoms with E-state index in [1.54, 1.807) is 12.1 Å². The van der Waals surface area contributed by atoms with Crippen LogP contribution in [-0.4, -0.2) is 12.6 Å². The predicted molar refractivity (Wildman–Crippen MR) is 83.4 cm³/mol. The van der Waals surface area contributed by atoms with Gasteiger partial charge in [-0.05, 0) is 55.2 Å². The van der Waals surface area contributed by atoms with E-state index in [-0.39, 0.29) is 5.82 Å². The molecule has 1 nitrogen and oxygen atoms in total. The summed E-state index contributed by atoms with van der Waals surface area (Å²) in [6.45, 7) is 5.66. The second-order valence-electron chi connectivity index (χ2n) is 6.42. The molecule has 0 aliphatic heterocycles. The third-order valence-corrected chi connectivity index (χ3v) is 4.65. The molecule has 1 aliphatic carbocycles. The predicted octanol–water partition coefficient (Wildman–Crippen LogP) is 4.71. The Bertz CT molecular complexity index is 396. The highest BCUT2D eigenvalue weighted by Crippen LogP contribution is 2.34. The third kappa shape index (κ3) is 4.59. The lowest BCUT2D eigenvalue weighted by atomic mass is 9.75. The standard InChI is InChI=1S/C18H28FN/c1-3-5-12-18(4-2,14-20-17-10-11-17)13-15-6-8-16(19)9-7-15/h6-9,17,20H,3-5,10-14H2,1-2H3. The molecular formula is C18H28FN. The molecule has 1 N–H and O–H groups in total. The van der Waals surface area contributed by atoms with Gasteiger partial charge in [0.05, 0.1) is 0 Å². The Balaban J connectivity index is 2.03. The summed E-state index contributed by atoms with van der Waals surface area (Å²) < 4.78 is 13.1. The van der Waals surface area contributed by atoms with E-state index in [0.29, 0.717) is 5.41 Å². The number of hydrogen-bond acceptors (Lipinski definition) is 1. The molecule has 1 fully saturated rings. The Morgan fingerprint density at radius 1 is 1.20 bits per heavy atom. The first kappa shape index (κ1) is 15.5. The van der Waals surface area contributed by atoms with Crippen molar-refractivity contribution in [2.45, 2.75) is 64.8 Å². The number of unbranched alkanes of at least 4 members (excludes halogenated alkanes) is 1. The van der Waals surface area contributed by atoms with Crippen molar-refractivity contribution >= 4 is 0 Å². The number of hydrogen-bond donors (Lipinski definition) is 1. The van der Waals surface area contributed by atoms with Crippen LogP contribution < -0.4 is 5.32 Å². The number of nitrogens with one attached hydrogen (secondary N) is 1. The van der Waals surface area contributed by atoms with E-state index >= 15 is 0 Å². The normalized spacial score (nSPS) is 17.9. The fourth-order valence-corrected chi connectivity index (χ4v) is 2.90.